The molecule has 6 aliphatic heterocycles. The number of aryl methyl sites for hydroxylation is 1. The van der Waals surface area contributed by atoms with Gasteiger partial charge in [-0.05, 0) is 106 Å². The van der Waals surface area contributed by atoms with E-state index in [1.807, 2.05) is 24.9 Å². The number of piperazine rings is 1. The highest BCUT2D eigenvalue weighted by molar-refractivity contribution is 5.07. The molecule has 2 saturated heterocycles. The van der Waals surface area contributed by atoms with E-state index in [1.54, 1.807) is 0 Å². The van der Waals surface area contributed by atoms with Gasteiger partial charge >= 0.3 is 0 Å². The predicted octanol–water partition coefficient (Wildman–Crippen LogP) is 9.67. The number of aromatic nitrogens is 9. The fourth-order valence-electron chi connectivity index (χ4n) is 10.9. The Labute approximate surface area is 468 Å². The van der Waals surface area contributed by atoms with Crippen molar-refractivity contribution in [3.05, 3.63) is 66.3 Å². The molecule has 0 aromatic carbocycles. The maximum atomic E-state index is 5.59. The number of ether oxygens (including phenoxy) is 1. The van der Waals surface area contributed by atoms with E-state index in [2.05, 4.69) is 231 Å². The van der Waals surface area contributed by atoms with Crippen LogP contribution in [0.15, 0.2) is 37.3 Å². The van der Waals surface area contributed by atoms with Gasteiger partial charge in [0.2, 0.25) is 0 Å². The summed E-state index contributed by atoms with van der Waals surface area (Å²) in [6.45, 7) is 67.6. The van der Waals surface area contributed by atoms with E-state index in [0.717, 1.165) is 104 Å². The van der Waals surface area contributed by atoms with Gasteiger partial charge in [-0.25, -0.2) is 15.0 Å². The third-order valence-corrected chi connectivity index (χ3v) is 20.8. The van der Waals surface area contributed by atoms with Crippen LogP contribution in [0, 0.1) is 36.5 Å². The standard InChI is InChI=1S/C13H23N3.C13H26N2O.2C12H21N3.C11H20N4/c1-10(2)13(4,5)15-6-7-16-11(3)8-14-12(16)9-15;1-11(2)13(3,4)15-6-5-14-7-8-16-10-12(14)9-15;2*1-10(2)12(3,4)15-8-7-14-6-5-13-11(14)9-15;1-9(2)11(3,4)15-6-5-14-8-12-13-10(14)7-15/h8,10H,6-7,9H2,1-5H3;11-12H,5-10H2,1-4H3;2*5-6,10H,7-9H2,1-4H3;8-9H,5-7H2,1-4H3. The third kappa shape index (κ3) is 14.9. The molecule has 10 rings (SSSR count). The number of imidazole rings is 3. The van der Waals surface area contributed by atoms with Crippen molar-refractivity contribution in [2.45, 2.75) is 231 Å². The predicted molar refractivity (Wildman–Crippen MR) is 315 cm³/mol. The Kier molecular flexibility index (Phi) is 21.1. The fourth-order valence-corrected chi connectivity index (χ4v) is 10.9. The molecular formula is C61H111N15O. The lowest BCUT2D eigenvalue weighted by Gasteiger charge is -2.50. The summed E-state index contributed by atoms with van der Waals surface area (Å²) in [6, 6.07) is 0.625. The zero-order valence-corrected chi connectivity index (χ0v) is 52.8. The van der Waals surface area contributed by atoms with E-state index in [0.29, 0.717) is 41.2 Å². The van der Waals surface area contributed by atoms with Crippen LogP contribution in [0.1, 0.15) is 167 Å². The maximum Gasteiger partial charge on any atom is 0.147 e. The van der Waals surface area contributed by atoms with Crippen LogP contribution >= 0.6 is 0 Å². The number of morpholine rings is 1. The van der Waals surface area contributed by atoms with Crippen molar-refractivity contribution < 1.29 is 4.74 Å². The first kappa shape index (κ1) is 62.7. The normalized spacial score (nSPS) is 20.5. The number of rotatable bonds is 10. The smallest absolute Gasteiger partial charge is 0.147 e. The quantitative estimate of drug-likeness (QED) is 0.151. The lowest BCUT2D eigenvalue weighted by atomic mass is 9.87. The summed E-state index contributed by atoms with van der Waals surface area (Å²) in [6.07, 6.45) is 11.8. The molecule has 0 saturated carbocycles. The van der Waals surface area contributed by atoms with Crippen LogP contribution in [0.4, 0.5) is 0 Å². The average Bonchev–Trinajstić information content (AvgIpc) is 4.24. The van der Waals surface area contributed by atoms with Crippen molar-refractivity contribution in [1.82, 2.24) is 72.8 Å². The second kappa shape index (κ2) is 25.9. The average molecular weight is 1070 g/mol. The van der Waals surface area contributed by atoms with Gasteiger partial charge in [-0.2, -0.15) is 0 Å². The second-order valence-corrected chi connectivity index (χ2v) is 27.4. The molecule has 4 aromatic heterocycles. The Morgan fingerprint density at radius 1 is 0.455 bits per heavy atom. The van der Waals surface area contributed by atoms with Gasteiger partial charge in [0.05, 0.1) is 39.4 Å². The molecule has 2 fully saturated rings. The third-order valence-electron chi connectivity index (χ3n) is 20.8. The fraction of sp³-hybridized carbons (Fsp3) is 0.820. The maximum absolute atomic E-state index is 5.59. The van der Waals surface area contributed by atoms with Crippen molar-refractivity contribution in [1.29, 1.82) is 0 Å². The van der Waals surface area contributed by atoms with Gasteiger partial charge in [-0.3, -0.25) is 29.4 Å². The molecule has 10 heterocycles. The molecule has 0 aliphatic carbocycles. The minimum Gasteiger partial charge on any atom is -0.378 e. The van der Waals surface area contributed by atoms with Crippen LogP contribution in [-0.2, 0) is 57.1 Å². The van der Waals surface area contributed by atoms with Gasteiger partial charge < -0.3 is 23.0 Å². The Hall–Kier alpha value is -3.51. The monoisotopic (exact) mass is 1070 g/mol. The number of nitrogens with zero attached hydrogens (tertiary/aromatic N) is 15. The first-order chi connectivity index (χ1) is 36.0. The molecule has 0 bridgehead atoms. The lowest BCUT2D eigenvalue weighted by molar-refractivity contribution is -0.0721. The van der Waals surface area contributed by atoms with Gasteiger partial charge in [0, 0.05) is 149 Å². The molecule has 0 radical (unpaired) electrons. The molecule has 0 spiro atoms. The topological polar surface area (TPSA) is 113 Å². The van der Waals surface area contributed by atoms with E-state index in [-0.39, 0.29) is 22.2 Å². The molecule has 77 heavy (non-hydrogen) atoms. The first-order valence-electron chi connectivity index (χ1n) is 29.9. The largest absolute Gasteiger partial charge is 0.378 e. The molecule has 436 valence electrons. The highest BCUT2D eigenvalue weighted by atomic mass is 16.5. The van der Waals surface area contributed by atoms with Crippen LogP contribution in [-0.4, -0.2) is 172 Å². The number of hydrogen-bond donors (Lipinski definition) is 0. The van der Waals surface area contributed by atoms with E-state index >= 15 is 0 Å². The zero-order valence-electron chi connectivity index (χ0n) is 52.8. The van der Waals surface area contributed by atoms with Crippen LogP contribution in [0.25, 0.3) is 0 Å². The first-order valence-corrected chi connectivity index (χ1v) is 29.9. The summed E-state index contributed by atoms with van der Waals surface area (Å²) in [5.74, 6) is 8.06. The summed E-state index contributed by atoms with van der Waals surface area (Å²) >= 11 is 0. The molecule has 1 atom stereocenters. The van der Waals surface area contributed by atoms with E-state index in [1.165, 1.54) is 42.8 Å². The highest BCUT2D eigenvalue weighted by Gasteiger charge is 2.39. The molecule has 1 unspecified atom stereocenters. The molecule has 0 N–H and O–H groups in total. The molecular weight excluding hydrogens is 959 g/mol. The summed E-state index contributed by atoms with van der Waals surface area (Å²) in [5.41, 5.74) is 2.61. The van der Waals surface area contributed by atoms with Crippen LogP contribution in [0.3, 0.4) is 0 Å². The van der Waals surface area contributed by atoms with Crippen LogP contribution in [0.5, 0.6) is 0 Å². The Morgan fingerprint density at radius 3 is 1.32 bits per heavy atom. The van der Waals surface area contributed by atoms with E-state index in [4.69, 9.17) is 4.74 Å². The Balaban J connectivity index is 0.000000156. The van der Waals surface area contributed by atoms with Crippen molar-refractivity contribution in [3.8, 4) is 0 Å². The Bertz CT molecular complexity index is 2230. The van der Waals surface area contributed by atoms with Crippen LogP contribution < -0.4 is 0 Å². The van der Waals surface area contributed by atoms with Crippen molar-refractivity contribution >= 4 is 0 Å². The zero-order chi connectivity index (χ0) is 56.8. The number of hydrogen-bond acceptors (Lipinski definition) is 12. The molecule has 6 aliphatic rings. The van der Waals surface area contributed by atoms with Gasteiger partial charge in [0.15, 0.2) is 0 Å². The van der Waals surface area contributed by atoms with Crippen molar-refractivity contribution in [3.63, 3.8) is 0 Å². The second-order valence-electron chi connectivity index (χ2n) is 27.4. The number of fused-ring (bicyclic) bond motifs is 5. The van der Waals surface area contributed by atoms with Gasteiger partial charge in [-0.15, -0.1) is 10.2 Å². The minimum absolute atomic E-state index is 0.233. The lowest BCUT2D eigenvalue weighted by Crippen LogP contribution is -2.63. The minimum atomic E-state index is 0.233. The van der Waals surface area contributed by atoms with Gasteiger partial charge in [-0.1, -0.05) is 69.2 Å². The molecule has 16 nitrogen and oxygen atoms in total. The van der Waals surface area contributed by atoms with Crippen molar-refractivity contribution in [2.75, 3.05) is 65.6 Å². The molecule has 4 aromatic rings. The summed E-state index contributed by atoms with van der Waals surface area (Å²) in [7, 11) is 0. The molecule has 0 amide bonds. The van der Waals surface area contributed by atoms with Crippen LogP contribution in [0.2, 0.25) is 0 Å². The van der Waals surface area contributed by atoms with Gasteiger partial charge in [0.1, 0.15) is 29.6 Å². The summed E-state index contributed by atoms with van der Waals surface area (Å²) in [4.78, 5) is 28.7. The van der Waals surface area contributed by atoms with E-state index in [9.17, 15) is 0 Å². The Morgan fingerprint density at radius 2 is 0.857 bits per heavy atom. The molecule has 16 heteroatoms. The summed E-state index contributed by atoms with van der Waals surface area (Å²) < 4.78 is 14.6. The summed E-state index contributed by atoms with van der Waals surface area (Å²) in [5, 5.41) is 8.10. The highest BCUT2D eigenvalue weighted by Crippen LogP contribution is 2.32. The SMILES string of the molecule is CC(C)C(C)(C)N1CCN2CCOCC2C1.CC(C)C(C)(C)N1CCn2ccnc2C1.CC(C)C(C)(C)N1CCn2ccnc2C1.CC(C)C(C)(C)N1CCn2cnnc2C1.Cc1cnc2n1CCN(C(C)(C)C(C)C)C2. The van der Waals surface area contributed by atoms with E-state index < -0.39 is 0 Å². The van der Waals surface area contributed by atoms with Gasteiger partial charge in [0.25, 0.3) is 0 Å². The van der Waals surface area contributed by atoms with Crippen molar-refractivity contribution in [2.24, 2.45) is 29.6 Å².